The number of H-pyrrole nitrogens is 1. The Kier molecular flexibility index (Phi) is 8.02. The van der Waals surface area contributed by atoms with Gasteiger partial charge in [-0.05, 0) is 0 Å². The molecule has 25 heavy (non-hydrogen) atoms. The molecular formula is C13H20N6O6. The van der Waals surface area contributed by atoms with E-state index in [0.29, 0.717) is 5.69 Å². The number of aliphatic hydroxyl groups excluding tert-OH is 1. The van der Waals surface area contributed by atoms with Gasteiger partial charge >= 0.3 is 5.97 Å². The van der Waals surface area contributed by atoms with E-state index >= 15 is 0 Å². The second-order valence-corrected chi connectivity index (χ2v) is 5.02. The van der Waals surface area contributed by atoms with E-state index in [0.717, 1.165) is 0 Å². The summed E-state index contributed by atoms with van der Waals surface area (Å²) in [7, 11) is 0. The summed E-state index contributed by atoms with van der Waals surface area (Å²) in [6, 6.07) is -2.33. The van der Waals surface area contributed by atoms with Gasteiger partial charge in [0.2, 0.25) is 17.7 Å². The fraction of sp³-hybridized carbons (Fsp3) is 0.462. The minimum atomic E-state index is -1.24. The number of nitrogens with one attached hydrogen (secondary N) is 4. The van der Waals surface area contributed by atoms with Crippen molar-refractivity contribution < 1.29 is 29.4 Å². The molecule has 1 rings (SSSR count). The van der Waals surface area contributed by atoms with Crippen LogP contribution < -0.4 is 21.7 Å². The molecule has 0 aliphatic rings. The maximum atomic E-state index is 11.7. The molecule has 138 valence electrons. The molecule has 1 aromatic heterocycles. The Labute approximate surface area is 142 Å². The van der Waals surface area contributed by atoms with Crippen LogP contribution in [0.5, 0.6) is 0 Å². The summed E-state index contributed by atoms with van der Waals surface area (Å²) < 4.78 is 0. The van der Waals surface area contributed by atoms with Crippen molar-refractivity contribution in [2.24, 2.45) is 5.73 Å². The fourth-order valence-corrected chi connectivity index (χ4v) is 1.68. The highest BCUT2D eigenvalue weighted by Crippen LogP contribution is 1.98. The van der Waals surface area contributed by atoms with E-state index in [4.69, 9.17) is 15.9 Å². The number of imidazole rings is 1. The van der Waals surface area contributed by atoms with Gasteiger partial charge in [0.15, 0.2) is 0 Å². The van der Waals surface area contributed by atoms with Gasteiger partial charge in [0.1, 0.15) is 12.1 Å². The van der Waals surface area contributed by atoms with Crippen molar-refractivity contribution >= 4 is 23.7 Å². The molecule has 2 unspecified atom stereocenters. The first-order valence-electron chi connectivity index (χ1n) is 7.23. The van der Waals surface area contributed by atoms with E-state index in [9.17, 15) is 19.2 Å². The number of carbonyl (C=O) groups is 4. The van der Waals surface area contributed by atoms with E-state index in [1.54, 1.807) is 0 Å². The molecule has 2 atom stereocenters. The standard InChI is InChI=1S/C13H20N6O6/c14-8(5-20)12(23)17-3-10(21)16-4-11(22)19-9(13(24)25)1-7-2-15-6-18-7/h2,6,8-9,20H,1,3-5,14H2,(H,15,18)(H,16,21)(H,17,23)(H,19,22)(H,24,25). The molecule has 0 fully saturated rings. The highest BCUT2D eigenvalue weighted by atomic mass is 16.4. The van der Waals surface area contributed by atoms with E-state index in [-0.39, 0.29) is 6.42 Å². The Morgan fingerprint density at radius 3 is 2.44 bits per heavy atom. The molecule has 0 spiro atoms. The minimum absolute atomic E-state index is 0.00409. The Morgan fingerprint density at radius 2 is 1.88 bits per heavy atom. The van der Waals surface area contributed by atoms with Crippen molar-refractivity contribution in [3.8, 4) is 0 Å². The number of amides is 3. The van der Waals surface area contributed by atoms with Crippen LogP contribution in [0.4, 0.5) is 0 Å². The van der Waals surface area contributed by atoms with Crippen molar-refractivity contribution in [1.29, 1.82) is 0 Å². The number of aromatic nitrogens is 2. The third kappa shape index (κ3) is 7.41. The van der Waals surface area contributed by atoms with E-state index in [2.05, 4.69) is 25.9 Å². The summed E-state index contributed by atoms with van der Waals surface area (Å²) in [6.45, 7) is -1.47. The predicted octanol–water partition coefficient (Wildman–Crippen LogP) is -3.93. The number of carboxylic acids is 1. The van der Waals surface area contributed by atoms with Crippen LogP contribution in [0.3, 0.4) is 0 Å². The number of rotatable bonds is 10. The number of aliphatic carboxylic acids is 1. The molecule has 3 amide bonds. The summed E-state index contributed by atoms with van der Waals surface area (Å²) in [5.74, 6) is -3.33. The monoisotopic (exact) mass is 356 g/mol. The van der Waals surface area contributed by atoms with Gasteiger partial charge in [-0.15, -0.1) is 0 Å². The molecule has 0 aliphatic carbocycles. The fourth-order valence-electron chi connectivity index (χ4n) is 1.68. The van der Waals surface area contributed by atoms with Gasteiger partial charge in [0, 0.05) is 18.3 Å². The van der Waals surface area contributed by atoms with Gasteiger partial charge in [-0.25, -0.2) is 9.78 Å². The Hall–Kier alpha value is -2.99. The number of carbonyl (C=O) groups excluding carboxylic acids is 3. The molecular weight excluding hydrogens is 336 g/mol. The number of aliphatic hydroxyl groups is 1. The first-order chi connectivity index (χ1) is 11.8. The Morgan fingerprint density at radius 1 is 1.20 bits per heavy atom. The van der Waals surface area contributed by atoms with Crippen LogP contribution in [-0.2, 0) is 25.6 Å². The molecule has 1 aromatic rings. The average Bonchev–Trinajstić information content (AvgIpc) is 3.09. The Bertz CT molecular complexity index is 604. The molecule has 0 radical (unpaired) electrons. The second kappa shape index (κ2) is 10.00. The molecule has 0 saturated heterocycles. The summed E-state index contributed by atoms with van der Waals surface area (Å²) in [5, 5.41) is 24.4. The summed E-state index contributed by atoms with van der Waals surface area (Å²) in [5.41, 5.74) is 5.77. The van der Waals surface area contributed by atoms with E-state index in [1.807, 2.05) is 0 Å². The number of nitrogens with zero attached hydrogens (tertiary/aromatic N) is 1. The van der Waals surface area contributed by atoms with E-state index in [1.165, 1.54) is 12.5 Å². The average molecular weight is 356 g/mol. The molecule has 0 bridgehead atoms. The zero-order valence-corrected chi connectivity index (χ0v) is 13.2. The molecule has 0 saturated carbocycles. The van der Waals surface area contributed by atoms with Crippen molar-refractivity contribution in [3.05, 3.63) is 18.2 Å². The lowest BCUT2D eigenvalue weighted by Crippen LogP contribution is -2.49. The van der Waals surface area contributed by atoms with Gasteiger partial charge in [0.05, 0.1) is 26.0 Å². The van der Waals surface area contributed by atoms with Gasteiger partial charge in [-0.1, -0.05) is 0 Å². The first-order valence-corrected chi connectivity index (χ1v) is 7.23. The first kappa shape index (κ1) is 20.1. The Balaban J connectivity index is 2.35. The van der Waals surface area contributed by atoms with Gasteiger partial charge in [-0.3, -0.25) is 14.4 Å². The van der Waals surface area contributed by atoms with Gasteiger partial charge in [-0.2, -0.15) is 0 Å². The third-order valence-electron chi connectivity index (χ3n) is 3.01. The van der Waals surface area contributed by atoms with Crippen molar-refractivity contribution in [2.45, 2.75) is 18.5 Å². The SMILES string of the molecule is NC(CO)C(=O)NCC(=O)NCC(=O)NC(Cc1cnc[nH]1)C(=O)O. The number of carboxylic acid groups (broad SMARTS) is 1. The largest absolute Gasteiger partial charge is 0.480 e. The molecule has 1 heterocycles. The second-order valence-electron chi connectivity index (χ2n) is 5.02. The van der Waals surface area contributed by atoms with Crippen LogP contribution in [0.25, 0.3) is 0 Å². The predicted molar refractivity (Wildman–Crippen MR) is 82.9 cm³/mol. The lowest BCUT2D eigenvalue weighted by molar-refractivity contribution is -0.141. The summed E-state index contributed by atoms with van der Waals surface area (Å²) in [6.07, 6.45) is 2.82. The highest BCUT2D eigenvalue weighted by molar-refractivity contribution is 5.90. The minimum Gasteiger partial charge on any atom is -0.480 e. The van der Waals surface area contributed by atoms with Crippen molar-refractivity contribution in [2.75, 3.05) is 19.7 Å². The van der Waals surface area contributed by atoms with Crippen molar-refractivity contribution in [3.63, 3.8) is 0 Å². The van der Waals surface area contributed by atoms with Gasteiger partial charge in [0.25, 0.3) is 0 Å². The summed E-state index contributed by atoms with van der Waals surface area (Å²) in [4.78, 5) is 52.1. The third-order valence-corrected chi connectivity index (χ3v) is 3.01. The highest BCUT2D eigenvalue weighted by Gasteiger charge is 2.21. The topological polar surface area (TPSA) is 200 Å². The van der Waals surface area contributed by atoms with Crippen LogP contribution in [-0.4, -0.2) is 75.7 Å². The quantitative estimate of drug-likeness (QED) is 0.220. The van der Waals surface area contributed by atoms with Crippen LogP contribution >= 0.6 is 0 Å². The maximum Gasteiger partial charge on any atom is 0.326 e. The van der Waals surface area contributed by atoms with Crippen LogP contribution in [0.2, 0.25) is 0 Å². The van der Waals surface area contributed by atoms with E-state index < -0.39 is 55.5 Å². The number of aromatic amines is 1. The van der Waals surface area contributed by atoms with Crippen molar-refractivity contribution in [1.82, 2.24) is 25.9 Å². The zero-order chi connectivity index (χ0) is 18.8. The smallest absolute Gasteiger partial charge is 0.326 e. The molecule has 12 nitrogen and oxygen atoms in total. The van der Waals surface area contributed by atoms with Gasteiger partial charge < -0.3 is 36.9 Å². The molecule has 0 aliphatic heterocycles. The summed E-state index contributed by atoms with van der Waals surface area (Å²) >= 11 is 0. The molecule has 8 N–H and O–H groups in total. The molecule has 0 aromatic carbocycles. The number of nitrogens with two attached hydrogens (primary N) is 1. The lowest BCUT2D eigenvalue weighted by Gasteiger charge is -2.14. The zero-order valence-electron chi connectivity index (χ0n) is 13.2. The van der Waals surface area contributed by atoms with Crippen LogP contribution in [0.15, 0.2) is 12.5 Å². The number of hydrogen-bond acceptors (Lipinski definition) is 7. The molecule has 12 heteroatoms. The van der Waals surface area contributed by atoms with Crippen LogP contribution in [0, 0.1) is 0 Å². The van der Waals surface area contributed by atoms with Crippen LogP contribution in [0.1, 0.15) is 5.69 Å². The lowest BCUT2D eigenvalue weighted by atomic mass is 10.1. The normalized spacial score (nSPS) is 12.7. The number of hydrogen-bond donors (Lipinski definition) is 7. The maximum absolute atomic E-state index is 11.7.